The van der Waals surface area contributed by atoms with Crippen molar-refractivity contribution in [3.05, 3.63) is 51.6 Å². The predicted molar refractivity (Wildman–Crippen MR) is 81.1 cm³/mol. The first-order chi connectivity index (χ1) is 9.13. The molecule has 0 unspecified atom stereocenters. The summed E-state index contributed by atoms with van der Waals surface area (Å²) in [6.07, 6.45) is 0. The van der Waals surface area contributed by atoms with Gasteiger partial charge in [-0.3, -0.25) is 0 Å². The largest absolute Gasteiger partial charge is 0.448 e. The second-order valence-electron chi connectivity index (χ2n) is 3.95. The van der Waals surface area contributed by atoms with Gasteiger partial charge in [0, 0.05) is 10.5 Å². The lowest BCUT2D eigenvalue weighted by Gasteiger charge is -2.03. The lowest BCUT2D eigenvalue weighted by atomic mass is 10.3. The number of nitrogen functional groups attached to an aromatic ring is 1. The molecule has 0 atom stereocenters. The number of anilines is 1. The number of hydrogen-bond acceptors (Lipinski definition) is 3. The molecule has 2 aromatic heterocycles. The zero-order chi connectivity index (χ0) is 13.4. The van der Waals surface area contributed by atoms with Crippen molar-refractivity contribution < 1.29 is 4.42 Å². The van der Waals surface area contributed by atoms with Gasteiger partial charge in [-0.1, -0.05) is 22.0 Å². The van der Waals surface area contributed by atoms with Crippen molar-refractivity contribution in [2.45, 2.75) is 0 Å². The molecule has 4 nitrogen and oxygen atoms in total. The molecule has 3 aromatic rings. The van der Waals surface area contributed by atoms with E-state index in [-0.39, 0.29) is 0 Å². The minimum absolute atomic E-state index is 0.556. The highest BCUT2D eigenvalue weighted by Gasteiger charge is 2.11. The van der Waals surface area contributed by atoms with E-state index in [1.165, 1.54) is 0 Å². The summed E-state index contributed by atoms with van der Waals surface area (Å²) in [4.78, 5) is 0. The lowest BCUT2D eigenvalue weighted by Crippen LogP contribution is -2.01. The monoisotopic (exact) mass is 381 g/mol. The Balaban J connectivity index is 2.07. The van der Waals surface area contributed by atoms with Crippen molar-refractivity contribution in [2.75, 3.05) is 5.73 Å². The summed E-state index contributed by atoms with van der Waals surface area (Å²) >= 11 is 6.70. The zero-order valence-corrected chi connectivity index (χ0v) is 12.8. The minimum Gasteiger partial charge on any atom is -0.448 e. The first kappa shape index (κ1) is 12.5. The maximum absolute atomic E-state index is 6.00. The normalized spacial score (nSPS) is 10.8. The van der Waals surface area contributed by atoms with Gasteiger partial charge in [-0.05, 0) is 46.3 Å². The Morgan fingerprint density at radius 3 is 2.63 bits per heavy atom. The Hall–Kier alpha value is -1.53. The SMILES string of the molecule is Nc1cc(-c2ccc(Br)o2)nn1-c1cccc(Br)c1. The van der Waals surface area contributed by atoms with Gasteiger partial charge in [0.1, 0.15) is 11.5 Å². The van der Waals surface area contributed by atoms with Gasteiger partial charge in [0.05, 0.1) is 5.69 Å². The molecule has 2 N–H and O–H groups in total. The van der Waals surface area contributed by atoms with Crippen molar-refractivity contribution in [2.24, 2.45) is 0 Å². The van der Waals surface area contributed by atoms with Crippen LogP contribution in [0, 0.1) is 0 Å². The maximum Gasteiger partial charge on any atom is 0.169 e. The number of nitrogens with two attached hydrogens (primary N) is 1. The van der Waals surface area contributed by atoms with Crippen LogP contribution in [0.15, 0.2) is 56.0 Å². The molecule has 19 heavy (non-hydrogen) atoms. The number of nitrogens with zero attached hydrogens (tertiary/aromatic N) is 2. The molecule has 0 saturated carbocycles. The Morgan fingerprint density at radius 2 is 1.95 bits per heavy atom. The average Bonchev–Trinajstić information content (AvgIpc) is 2.95. The van der Waals surface area contributed by atoms with Crippen LogP contribution in [0.2, 0.25) is 0 Å². The van der Waals surface area contributed by atoms with Crippen LogP contribution in [0.5, 0.6) is 0 Å². The van der Waals surface area contributed by atoms with Crippen LogP contribution in [0.1, 0.15) is 0 Å². The summed E-state index contributed by atoms with van der Waals surface area (Å²) in [5.74, 6) is 1.23. The smallest absolute Gasteiger partial charge is 0.169 e. The third-order valence-corrected chi connectivity index (χ3v) is 3.53. The van der Waals surface area contributed by atoms with Crippen LogP contribution in [-0.2, 0) is 0 Å². The number of hydrogen-bond donors (Lipinski definition) is 1. The Morgan fingerprint density at radius 1 is 1.11 bits per heavy atom. The number of aromatic nitrogens is 2. The van der Waals surface area contributed by atoms with E-state index in [0.717, 1.165) is 10.2 Å². The molecule has 0 amide bonds. The highest BCUT2D eigenvalue weighted by atomic mass is 79.9. The summed E-state index contributed by atoms with van der Waals surface area (Å²) in [5, 5.41) is 4.46. The fraction of sp³-hybridized carbons (Fsp3) is 0. The van der Waals surface area contributed by atoms with E-state index >= 15 is 0 Å². The number of rotatable bonds is 2. The van der Waals surface area contributed by atoms with Crippen molar-refractivity contribution in [1.29, 1.82) is 0 Å². The van der Waals surface area contributed by atoms with Crippen LogP contribution < -0.4 is 5.73 Å². The number of benzene rings is 1. The molecular weight excluding hydrogens is 374 g/mol. The molecule has 0 aliphatic carbocycles. The fourth-order valence-electron chi connectivity index (χ4n) is 1.78. The molecule has 0 bridgehead atoms. The lowest BCUT2D eigenvalue weighted by molar-refractivity contribution is 0.553. The molecule has 0 fully saturated rings. The van der Waals surface area contributed by atoms with Crippen molar-refractivity contribution in [3.63, 3.8) is 0 Å². The van der Waals surface area contributed by atoms with Gasteiger partial charge in [-0.2, -0.15) is 5.10 Å². The third kappa shape index (κ3) is 2.46. The van der Waals surface area contributed by atoms with Crippen LogP contribution in [0.3, 0.4) is 0 Å². The molecule has 0 radical (unpaired) electrons. The first-order valence-electron chi connectivity index (χ1n) is 5.51. The van der Waals surface area contributed by atoms with Crippen LogP contribution in [0.4, 0.5) is 5.82 Å². The Kier molecular flexibility index (Phi) is 3.20. The number of halogens is 2. The third-order valence-electron chi connectivity index (χ3n) is 2.62. The average molecular weight is 383 g/mol. The van der Waals surface area contributed by atoms with E-state index < -0.39 is 0 Å². The van der Waals surface area contributed by atoms with Gasteiger partial charge < -0.3 is 10.2 Å². The van der Waals surface area contributed by atoms with Crippen LogP contribution >= 0.6 is 31.9 Å². The summed E-state index contributed by atoms with van der Waals surface area (Å²) < 4.78 is 8.79. The maximum atomic E-state index is 6.00. The van der Waals surface area contributed by atoms with Gasteiger partial charge in [-0.15, -0.1) is 0 Å². The molecule has 0 aliphatic heterocycles. The van der Waals surface area contributed by atoms with Crippen molar-refractivity contribution in [1.82, 2.24) is 9.78 Å². The Bertz CT molecular complexity index is 733. The minimum atomic E-state index is 0.556. The number of furan rings is 1. The highest BCUT2D eigenvalue weighted by Crippen LogP contribution is 2.27. The van der Waals surface area contributed by atoms with Gasteiger partial charge in [-0.25, -0.2) is 4.68 Å². The summed E-state index contributed by atoms with van der Waals surface area (Å²) in [7, 11) is 0. The zero-order valence-electron chi connectivity index (χ0n) is 9.68. The molecule has 0 aliphatic rings. The quantitative estimate of drug-likeness (QED) is 0.721. The van der Waals surface area contributed by atoms with E-state index in [1.807, 2.05) is 36.4 Å². The fourth-order valence-corrected chi connectivity index (χ4v) is 2.48. The van der Waals surface area contributed by atoms with Crippen molar-refractivity contribution in [3.8, 4) is 17.1 Å². The summed E-state index contributed by atoms with van der Waals surface area (Å²) in [6.45, 7) is 0. The topological polar surface area (TPSA) is 57.0 Å². The van der Waals surface area contributed by atoms with Gasteiger partial charge in [0.15, 0.2) is 10.4 Å². The molecule has 6 heteroatoms. The second-order valence-corrected chi connectivity index (χ2v) is 5.65. The molecule has 96 valence electrons. The van der Waals surface area contributed by atoms with E-state index in [1.54, 1.807) is 10.7 Å². The summed E-state index contributed by atoms with van der Waals surface area (Å²) in [6, 6.07) is 13.2. The van der Waals surface area contributed by atoms with Crippen molar-refractivity contribution >= 4 is 37.7 Å². The Labute approximate surface area is 126 Å². The molecule has 2 heterocycles. The van der Waals surface area contributed by atoms with Gasteiger partial charge in [0.25, 0.3) is 0 Å². The van der Waals surface area contributed by atoms with E-state index in [4.69, 9.17) is 10.2 Å². The standard InChI is InChI=1S/C13H9Br2N3O/c14-8-2-1-3-9(6-8)18-13(16)7-10(17-18)11-4-5-12(15)19-11/h1-7H,16H2. The van der Waals surface area contributed by atoms with E-state index in [2.05, 4.69) is 37.0 Å². The van der Waals surface area contributed by atoms with Gasteiger partial charge >= 0.3 is 0 Å². The highest BCUT2D eigenvalue weighted by molar-refractivity contribution is 9.10. The molecule has 3 rings (SSSR count). The van der Waals surface area contributed by atoms with E-state index in [9.17, 15) is 0 Å². The summed E-state index contributed by atoms with van der Waals surface area (Å²) in [5.41, 5.74) is 7.59. The van der Waals surface area contributed by atoms with Gasteiger partial charge in [0.2, 0.25) is 0 Å². The molecule has 0 saturated heterocycles. The predicted octanol–water partition coefficient (Wildman–Crippen LogP) is 4.24. The first-order valence-corrected chi connectivity index (χ1v) is 7.09. The molecule has 0 spiro atoms. The van der Waals surface area contributed by atoms with Crippen LogP contribution in [0.25, 0.3) is 17.1 Å². The van der Waals surface area contributed by atoms with E-state index in [0.29, 0.717) is 21.9 Å². The van der Waals surface area contributed by atoms with Crippen LogP contribution in [-0.4, -0.2) is 9.78 Å². The molecular formula is C13H9Br2N3O. The molecule has 1 aromatic carbocycles. The second kappa shape index (κ2) is 4.86.